The Bertz CT molecular complexity index is 660. The molecule has 1 amide bonds. The molecule has 0 radical (unpaired) electrons. The van der Waals surface area contributed by atoms with E-state index < -0.39 is 0 Å². The zero-order valence-corrected chi connectivity index (χ0v) is 13.6. The fourth-order valence-corrected chi connectivity index (χ4v) is 3.02. The number of benzene rings is 1. The van der Waals surface area contributed by atoms with Gasteiger partial charge in [0.25, 0.3) is 0 Å². The smallest absolute Gasteiger partial charge is 0.222 e. The number of hydrogen-bond donors (Lipinski definition) is 0. The fraction of sp³-hybridized carbons (Fsp3) is 0.444. The van der Waals surface area contributed by atoms with E-state index in [1.807, 2.05) is 21.8 Å². The number of aromatic nitrogens is 2. The lowest BCUT2D eigenvalue weighted by Crippen LogP contribution is -2.40. The van der Waals surface area contributed by atoms with Crippen molar-refractivity contribution in [2.75, 3.05) is 19.7 Å². The second-order valence-electron chi connectivity index (χ2n) is 6.03. The highest BCUT2D eigenvalue weighted by Crippen LogP contribution is 2.21. The lowest BCUT2D eigenvalue weighted by Gasteiger charge is -2.33. The molecule has 0 N–H and O–H groups in total. The summed E-state index contributed by atoms with van der Waals surface area (Å²) >= 11 is 0. The summed E-state index contributed by atoms with van der Waals surface area (Å²) < 4.78 is 20.5. The molecule has 0 saturated carbocycles. The van der Waals surface area contributed by atoms with Crippen LogP contribution in [0.1, 0.15) is 31.7 Å². The minimum atomic E-state index is -0.318. The average molecular weight is 331 g/mol. The summed E-state index contributed by atoms with van der Waals surface area (Å²) in [5.74, 6) is 0.329. The van der Waals surface area contributed by atoms with Crippen molar-refractivity contribution in [1.82, 2.24) is 14.7 Å². The van der Waals surface area contributed by atoms with Gasteiger partial charge in [-0.1, -0.05) is 6.07 Å². The van der Waals surface area contributed by atoms with Crippen LogP contribution < -0.4 is 4.74 Å². The first-order valence-corrected chi connectivity index (χ1v) is 8.37. The van der Waals surface area contributed by atoms with Crippen LogP contribution in [0.15, 0.2) is 42.7 Å². The SMILES string of the molecule is O=C(CCCOc1cccc(F)c1)N1CCC[C@H](n2cccn2)C1. The Morgan fingerprint density at radius 1 is 1.38 bits per heavy atom. The molecule has 5 nitrogen and oxygen atoms in total. The highest BCUT2D eigenvalue weighted by Gasteiger charge is 2.24. The maximum absolute atomic E-state index is 13.1. The molecule has 0 unspecified atom stereocenters. The van der Waals surface area contributed by atoms with Crippen LogP contribution in [0.4, 0.5) is 4.39 Å². The summed E-state index contributed by atoms with van der Waals surface area (Å²) in [6, 6.07) is 8.22. The van der Waals surface area contributed by atoms with Crippen molar-refractivity contribution in [1.29, 1.82) is 0 Å². The molecule has 1 aromatic heterocycles. The lowest BCUT2D eigenvalue weighted by atomic mass is 10.1. The third-order valence-corrected chi connectivity index (χ3v) is 4.25. The Morgan fingerprint density at radius 2 is 2.29 bits per heavy atom. The summed E-state index contributed by atoms with van der Waals surface area (Å²) in [5, 5.41) is 4.28. The number of carbonyl (C=O) groups is 1. The fourth-order valence-electron chi connectivity index (χ4n) is 3.02. The van der Waals surface area contributed by atoms with Crippen molar-refractivity contribution in [2.45, 2.75) is 31.7 Å². The van der Waals surface area contributed by atoms with Crippen molar-refractivity contribution in [3.63, 3.8) is 0 Å². The quantitative estimate of drug-likeness (QED) is 0.765. The molecule has 1 saturated heterocycles. The Balaban J connectivity index is 1.41. The highest BCUT2D eigenvalue weighted by atomic mass is 19.1. The molecular weight excluding hydrogens is 309 g/mol. The molecule has 2 aromatic rings. The number of likely N-dealkylation sites (tertiary alicyclic amines) is 1. The van der Waals surface area contributed by atoms with Crippen molar-refractivity contribution < 1.29 is 13.9 Å². The normalized spacial score (nSPS) is 17.7. The molecule has 3 rings (SSSR count). The van der Waals surface area contributed by atoms with Gasteiger partial charge in [0.15, 0.2) is 0 Å². The maximum Gasteiger partial charge on any atom is 0.222 e. The van der Waals surface area contributed by atoms with E-state index in [1.165, 1.54) is 12.1 Å². The van der Waals surface area contributed by atoms with Crippen LogP contribution in [0.3, 0.4) is 0 Å². The van der Waals surface area contributed by atoms with Gasteiger partial charge in [-0.05, 0) is 37.5 Å². The van der Waals surface area contributed by atoms with Crippen LogP contribution in [-0.2, 0) is 4.79 Å². The first-order chi connectivity index (χ1) is 11.7. The third-order valence-electron chi connectivity index (χ3n) is 4.25. The molecule has 0 aliphatic carbocycles. The molecule has 1 fully saturated rings. The Kier molecular flexibility index (Phi) is 5.46. The zero-order valence-electron chi connectivity index (χ0n) is 13.6. The summed E-state index contributed by atoms with van der Waals surface area (Å²) in [4.78, 5) is 14.3. The summed E-state index contributed by atoms with van der Waals surface area (Å²) in [5.41, 5.74) is 0. The second kappa shape index (κ2) is 7.95. The van der Waals surface area contributed by atoms with Crippen LogP contribution >= 0.6 is 0 Å². The van der Waals surface area contributed by atoms with Gasteiger partial charge in [-0.25, -0.2) is 4.39 Å². The number of carbonyl (C=O) groups excluding carboxylic acids is 1. The largest absolute Gasteiger partial charge is 0.493 e. The van der Waals surface area contributed by atoms with E-state index in [0.717, 1.165) is 19.4 Å². The Hall–Kier alpha value is -2.37. The molecule has 1 aliphatic rings. The minimum absolute atomic E-state index is 0.148. The van der Waals surface area contributed by atoms with Crippen LogP contribution in [0.25, 0.3) is 0 Å². The third kappa shape index (κ3) is 4.34. The van der Waals surface area contributed by atoms with Gasteiger partial charge in [-0.3, -0.25) is 9.48 Å². The number of piperidine rings is 1. The van der Waals surface area contributed by atoms with Gasteiger partial charge in [0.2, 0.25) is 5.91 Å². The van der Waals surface area contributed by atoms with E-state index in [0.29, 0.717) is 31.7 Å². The zero-order chi connectivity index (χ0) is 16.8. The summed E-state index contributed by atoms with van der Waals surface area (Å²) in [6.07, 6.45) is 6.83. The first-order valence-electron chi connectivity index (χ1n) is 8.37. The van der Waals surface area contributed by atoms with Crippen LogP contribution in [0, 0.1) is 5.82 Å². The topological polar surface area (TPSA) is 47.4 Å². The van der Waals surface area contributed by atoms with Crippen LogP contribution in [0.5, 0.6) is 5.75 Å². The Morgan fingerprint density at radius 3 is 3.08 bits per heavy atom. The second-order valence-corrected chi connectivity index (χ2v) is 6.03. The van der Waals surface area contributed by atoms with Gasteiger partial charge >= 0.3 is 0 Å². The van der Waals surface area contributed by atoms with E-state index in [9.17, 15) is 9.18 Å². The molecule has 2 heterocycles. The molecule has 1 atom stereocenters. The molecule has 24 heavy (non-hydrogen) atoms. The van der Waals surface area contributed by atoms with E-state index >= 15 is 0 Å². The number of nitrogens with zero attached hydrogens (tertiary/aromatic N) is 3. The minimum Gasteiger partial charge on any atom is -0.493 e. The maximum atomic E-state index is 13.1. The van der Waals surface area contributed by atoms with Gasteiger partial charge in [0, 0.05) is 38.0 Å². The first kappa shape index (κ1) is 16.5. The number of rotatable bonds is 6. The standard InChI is InChI=1S/C18H22FN3O2/c19-15-5-1-7-17(13-15)24-12-3-8-18(23)21-10-2-6-16(14-21)22-11-4-9-20-22/h1,4-5,7,9,11,13,16H,2-3,6,8,10,12,14H2/t16-/m0/s1. The molecule has 1 aromatic carbocycles. The summed E-state index contributed by atoms with van der Waals surface area (Å²) in [7, 11) is 0. The van der Waals surface area contributed by atoms with Crippen LogP contribution in [0.2, 0.25) is 0 Å². The number of amides is 1. The lowest BCUT2D eigenvalue weighted by molar-refractivity contribution is -0.133. The van der Waals surface area contributed by atoms with Crippen molar-refractivity contribution >= 4 is 5.91 Å². The molecule has 0 bridgehead atoms. The number of ether oxygens (including phenoxy) is 1. The number of halogens is 1. The van der Waals surface area contributed by atoms with Crippen molar-refractivity contribution in [3.8, 4) is 5.75 Å². The van der Waals surface area contributed by atoms with Gasteiger partial charge in [-0.15, -0.1) is 0 Å². The van der Waals surface area contributed by atoms with Crippen molar-refractivity contribution in [2.24, 2.45) is 0 Å². The molecule has 0 spiro atoms. The van der Waals surface area contributed by atoms with E-state index in [1.54, 1.807) is 18.3 Å². The van der Waals surface area contributed by atoms with Gasteiger partial charge < -0.3 is 9.64 Å². The van der Waals surface area contributed by atoms with Gasteiger partial charge in [0.1, 0.15) is 11.6 Å². The molecular formula is C18H22FN3O2. The average Bonchev–Trinajstić information content (AvgIpc) is 3.13. The van der Waals surface area contributed by atoms with E-state index in [4.69, 9.17) is 4.74 Å². The summed E-state index contributed by atoms with van der Waals surface area (Å²) in [6.45, 7) is 1.93. The Labute approximate surface area is 141 Å². The number of hydrogen-bond acceptors (Lipinski definition) is 3. The van der Waals surface area contributed by atoms with Gasteiger partial charge in [0.05, 0.1) is 12.6 Å². The van der Waals surface area contributed by atoms with E-state index in [2.05, 4.69) is 5.10 Å². The predicted octanol–water partition coefficient (Wildman–Crippen LogP) is 3.04. The monoisotopic (exact) mass is 331 g/mol. The van der Waals surface area contributed by atoms with Crippen LogP contribution in [-0.4, -0.2) is 40.3 Å². The highest BCUT2D eigenvalue weighted by molar-refractivity contribution is 5.76. The predicted molar refractivity (Wildman–Crippen MR) is 88.2 cm³/mol. The van der Waals surface area contributed by atoms with Gasteiger partial charge in [-0.2, -0.15) is 5.10 Å². The van der Waals surface area contributed by atoms with E-state index in [-0.39, 0.29) is 17.8 Å². The molecule has 128 valence electrons. The molecule has 6 heteroatoms. The molecule has 1 aliphatic heterocycles. The van der Waals surface area contributed by atoms with Crippen molar-refractivity contribution in [3.05, 3.63) is 48.5 Å².